The third-order valence-electron chi connectivity index (χ3n) is 3.32. The van der Waals surface area contributed by atoms with Crippen molar-refractivity contribution in [3.05, 3.63) is 45.1 Å². The number of hydrogen-bond donors (Lipinski definition) is 2. The van der Waals surface area contributed by atoms with Gasteiger partial charge in [0.05, 0.1) is 27.7 Å². The van der Waals surface area contributed by atoms with E-state index in [1.54, 1.807) is 11.3 Å². The summed E-state index contributed by atoms with van der Waals surface area (Å²) in [5, 5.41) is 2.90. The summed E-state index contributed by atoms with van der Waals surface area (Å²) >= 11 is 5.13. The molecular weight excluding hydrogens is 338 g/mol. The summed E-state index contributed by atoms with van der Waals surface area (Å²) in [6, 6.07) is 11.9. The number of nitrogens with two attached hydrogens (primary N) is 1. The van der Waals surface area contributed by atoms with E-state index < -0.39 is 0 Å². The molecule has 2 aromatic rings. The SMILES string of the molecule is NCC(c1ccc(Br)s1)N1CC(=O)Nc2ccccc21. The molecule has 4 nitrogen and oxygen atoms in total. The summed E-state index contributed by atoms with van der Waals surface area (Å²) in [5.41, 5.74) is 7.83. The molecule has 0 fully saturated rings. The molecule has 0 bridgehead atoms. The van der Waals surface area contributed by atoms with Crippen molar-refractivity contribution < 1.29 is 4.79 Å². The molecule has 0 aliphatic carbocycles. The van der Waals surface area contributed by atoms with Crippen LogP contribution >= 0.6 is 27.3 Å². The summed E-state index contributed by atoms with van der Waals surface area (Å²) in [4.78, 5) is 15.1. The van der Waals surface area contributed by atoms with Gasteiger partial charge in [-0.1, -0.05) is 12.1 Å². The highest BCUT2D eigenvalue weighted by molar-refractivity contribution is 9.11. The van der Waals surface area contributed by atoms with Crippen molar-refractivity contribution in [2.45, 2.75) is 6.04 Å². The van der Waals surface area contributed by atoms with Gasteiger partial charge in [0, 0.05) is 11.4 Å². The van der Waals surface area contributed by atoms with E-state index >= 15 is 0 Å². The number of thiophene rings is 1. The van der Waals surface area contributed by atoms with Gasteiger partial charge in [-0.2, -0.15) is 0 Å². The van der Waals surface area contributed by atoms with Crippen molar-refractivity contribution in [3.8, 4) is 0 Å². The highest BCUT2D eigenvalue weighted by Crippen LogP contribution is 2.37. The first kappa shape index (κ1) is 13.6. The second kappa shape index (κ2) is 5.55. The molecule has 1 aromatic heterocycles. The molecular formula is C14H14BrN3OS. The summed E-state index contributed by atoms with van der Waals surface area (Å²) in [7, 11) is 0. The van der Waals surface area contributed by atoms with E-state index in [9.17, 15) is 4.79 Å². The number of nitrogens with zero attached hydrogens (tertiary/aromatic N) is 1. The summed E-state index contributed by atoms with van der Waals surface area (Å²) in [6.45, 7) is 0.795. The smallest absolute Gasteiger partial charge is 0.243 e. The van der Waals surface area contributed by atoms with Crippen LogP contribution < -0.4 is 16.0 Å². The fraction of sp³-hybridized carbons (Fsp3) is 0.214. The van der Waals surface area contributed by atoms with E-state index in [2.05, 4.69) is 32.2 Å². The van der Waals surface area contributed by atoms with E-state index in [0.717, 1.165) is 20.0 Å². The van der Waals surface area contributed by atoms with Crippen LogP contribution in [0.3, 0.4) is 0 Å². The van der Waals surface area contributed by atoms with Crippen molar-refractivity contribution in [3.63, 3.8) is 0 Å². The van der Waals surface area contributed by atoms with Gasteiger partial charge in [0.15, 0.2) is 0 Å². The van der Waals surface area contributed by atoms with Gasteiger partial charge >= 0.3 is 0 Å². The molecule has 1 unspecified atom stereocenters. The quantitative estimate of drug-likeness (QED) is 0.893. The highest BCUT2D eigenvalue weighted by atomic mass is 79.9. The number of rotatable bonds is 3. The minimum atomic E-state index is -0.00206. The first-order chi connectivity index (χ1) is 9.69. The molecule has 20 heavy (non-hydrogen) atoms. The number of amides is 1. The third-order valence-corrected chi connectivity index (χ3v) is 5.05. The number of benzene rings is 1. The lowest BCUT2D eigenvalue weighted by Crippen LogP contribution is -2.42. The molecule has 1 aromatic carbocycles. The Morgan fingerprint density at radius 2 is 2.15 bits per heavy atom. The fourth-order valence-corrected chi connectivity index (χ4v) is 3.99. The monoisotopic (exact) mass is 351 g/mol. The van der Waals surface area contributed by atoms with Crippen LogP contribution in [0.25, 0.3) is 0 Å². The van der Waals surface area contributed by atoms with Crippen molar-refractivity contribution >= 4 is 44.5 Å². The Morgan fingerprint density at radius 1 is 1.35 bits per heavy atom. The standard InChI is InChI=1S/C14H14BrN3OS/c15-13-6-5-12(20-13)11(7-16)18-8-14(19)17-9-3-1-2-4-10(9)18/h1-6,11H,7-8,16H2,(H,17,19). The number of anilines is 2. The molecule has 6 heteroatoms. The summed E-state index contributed by atoms with van der Waals surface area (Å²) in [5.74, 6) is -0.00206. The number of para-hydroxylation sites is 2. The molecule has 2 heterocycles. The van der Waals surface area contributed by atoms with Crippen molar-refractivity contribution in [1.29, 1.82) is 0 Å². The zero-order valence-corrected chi connectivity index (χ0v) is 13.1. The van der Waals surface area contributed by atoms with Crippen LogP contribution in [0.4, 0.5) is 11.4 Å². The average Bonchev–Trinajstić information content (AvgIpc) is 2.86. The molecule has 3 rings (SSSR count). The van der Waals surface area contributed by atoms with Gasteiger partial charge in [-0.25, -0.2) is 0 Å². The Bertz CT molecular complexity index is 643. The Hall–Kier alpha value is -1.37. The van der Waals surface area contributed by atoms with Gasteiger partial charge in [0.2, 0.25) is 5.91 Å². The van der Waals surface area contributed by atoms with Crippen molar-refractivity contribution in [2.75, 3.05) is 23.3 Å². The minimum absolute atomic E-state index is 0.00206. The van der Waals surface area contributed by atoms with Gasteiger partial charge in [0.25, 0.3) is 0 Å². The number of carbonyl (C=O) groups is 1. The van der Waals surface area contributed by atoms with Gasteiger partial charge < -0.3 is 16.0 Å². The van der Waals surface area contributed by atoms with Crippen LogP contribution in [0, 0.1) is 0 Å². The Kier molecular flexibility index (Phi) is 3.78. The molecule has 1 aliphatic heterocycles. The first-order valence-corrected chi connectivity index (χ1v) is 7.91. The predicted molar refractivity (Wildman–Crippen MR) is 86.2 cm³/mol. The molecule has 0 spiro atoms. The Labute approximate surface area is 129 Å². The molecule has 1 aliphatic rings. The van der Waals surface area contributed by atoms with Crippen molar-refractivity contribution in [1.82, 2.24) is 0 Å². The molecule has 3 N–H and O–H groups in total. The van der Waals surface area contributed by atoms with Crippen LogP contribution in [0.1, 0.15) is 10.9 Å². The number of fused-ring (bicyclic) bond motifs is 1. The zero-order chi connectivity index (χ0) is 14.1. The number of carbonyl (C=O) groups excluding carboxylic acids is 1. The maximum atomic E-state index is 11.9. The number of halogens is 1. The third kappa shape index (κ3) is 2.46. The number of nitrogens with one attached hydrogen (secondary N) is 1. The molecule has 104 valence electrons. The lowest BCUT2D eigenvalue weighted by atomic mass is 10.1. The molecule has 1 atom stereocenters. The topological polar surface area (TPSA) is 58.4 Å². The van der Waals surface area contributed by atoms with E-state index in [1.165, 1.54) is 0 Å². The predicted octanol–water partition coefficient (Wildman–Crippen LogP) is 2.97. The van der Waals surface area contributed by atoms with Gasteiger partial charge in [0.1, 0.15) is 0 Å². The summed E-state index contributed by atoms with van der Waals surface area (Å²) < 4.78 is 1.07. The fourth-order valence-electron chi connectivity index (χ4n) is 2.44. The van der Waals surface area contributed by atoms with Crippen LogP contribution in [-0.4, -0.2) is 19.0 Å². The second-order valence-corrected chi connectivity index (χ2v) is 7.08. The molecule has 0 saturated heterocycles. The van der Waals surface area contributed by atoms with Crippen molar-refractivity contribution in [2.24, 2.45) is 5.73 Å². The van der Waals surface area contributed by atoms with Gasteiger partial charge in [-0.3, -0.25) is 4.79 Å². The average molecular weight is 352 g/mol. The zero-order valence-electron chi connectivity index (χ0n) is 10.7. The van der Waals surface area contributed by atoms with Crippen LogP contribution in [-0.2, 0) is 4.79 Å². The van der Waals surface area contributed by atoms with E-state index in [1.807, 2.05) is 30.3 Å². The normalized spacial score (nSPS) is 15.7. The maximum Gasteiger partial charge on any atom is 0.243 e. The lowest BCUT2D eigenvalue weighted by molar-refractivity contribution is -0.115. The molecule has 0 saturated carbocycles. The molecule has 1 amide bonds. The Morgan fingerprint density at radius 3 is 2.85 bits per heavy atom. The van der Waals surface area contributed by atoms with Crippen LogP contribution in [0.5, 0.6) is 0 Å². The van der Waals surface area contributed by atoms with E-state index in [4.69, 9.17) is 5.73 Å². The highest BCUT2D eigenvalue weighted by Gasteiger charge is 2.28. The maximum absolute atomic E-state index is 11.9. The van der Waals surface area contributed by atoms with Gasteiger partial charge in [-0.15, -0.1) is 11.3 Å². The minimum Gasteiger partial charge on any atom is -0.351 e. The van der Waals surface area contributed by atoms with Crippen LogP contribution in [0.2, 0.25) is 0 Å². The van der Waals surface area contributed by atoms with Crippen LogP contribution in [0.15, 0.2) is 40.2 Å². The van der Waals surface area contributed by atoms with E-state index in [0.29, 0.717) is 13.1 Å². The summed E-state index contributed by atoms with van der Waals surface area (Å²) in [6.07, 6.45) is 0. The Balaban J connectivity index is 2.02. The largest absolute Gasteiger partial charge is 0.351 e. The molecule has 0 radical (unpaired) electrons. The second-order valence-electron chi connectivity index (χ2n) is 4.59. The first-order valence-electron chi connectivity index (χ1n) is 6.30. The van der Waals surface area contributed by atoms with E-state index in [-0.39, 0.29) is 11.9 Å². The van der Waals surface area contributed by atoms with Gasteiger partial charge in [-0.05, 0) is 40.2 Å². The lowest BCUT2D eigenvalue weighted by Gasteiger charge is -2.36. The number of hydrogen-bond acceptors (Lipinski definition) is 4.